The van der Waals surface area contributed by atoms with Crippen molar-refractivity contribution in [3.63, 3.8) is 0 Å². The minimum atomic E-state index is -0.544. The standard InChI is InChI=1S/C9H12N3O2/c1-9(2,3)14-8(13)12-7-6-10-4-5-11-7/h5-6H,1-3H3,(H,11,12,13). The number of rotatable bonds is 1. The molecule has 5 nitrogen and oxygen atoms in total. The van der Waals surface area contributed by atoms with Gasteiger partial charge in [0, 0.05) is 0 Å². The smallest absolute Gasteiger partial charge is 0.413 e. The second kappa shape index (κ2) is 4.04. The molecule has 1 N–H and O–H groups in total. The van der Waals surface area contributed by atoms with Crippen LogP contribution >= 0.6 is 0 Å². The first kappa shape index (κ1) is 10.4. The van der Waals surface area contributed by atoms with E-state index in [4.69, 9.17) is 4.74 Å². The second-order valence-corrected chi connectivity index (χ2v) is 3.66. The van der Waals surface area contributed by atoms with Crippen molar-refractivity contribution < 1.29 is 9.53 Å². The van der Waals surface area contributed by atoms with Crippen molar-refractivity contribution in [2.75, 3.05) is 5.32 Å². The number of anilines is 1. The monoisotopic (exact) mass is 194 g/mol. The molecule has 0 fully saturated rings. The van der Waals surface area contributed by atoms with Crippen LogP contribution in [0.1, 0.15) is 20.8 Å². The Balaban J connectivity index is 2.50. The van der Waals surface area contributed by atoms with E-state index in [0.717, 1.165) is 0 Å². The number of amides is 1. The summed E-state index contributed by atoms with van der Waals surface area (Å²) in [5.41, 5.74) is -0.515. The van der Waals surface area contributed by atoms with Gasteiger partial charge in [0.1, 0.15) is 11.8 Å². The van der Waals surface area contributed by atoms with Gasteiger partial charge in [-0.1, -0.05) is 0 Å². The van der Waals surface area contributed by atoms with Crippen LogP contribution in [0.5, 0.6) is 0 Å². The van der Waals surface area contributed by atoms with Crippen LogP contribution in [0.3, 0.4) is 0 Å². The predicted octanol–water partition coefficient (Wildman–Crippen LogP) is 1.62. The highest BCUT2D eigenvalue weighted by molar-refractivity contribution is 5.83. The Morgan fingerprint density at radius 2 is 2.29 bits per heavy atom. The molecular weight excluding hydrogens is 182 g/mol. The molecule has 0 atom stereocenters. The van der Waals surface area contributed by atoms with Crippen LogP contribution in [-0.4, -0.2) is 21.7 Å². The van der Waals surface area contributed by atoms with Gasteiger partial charge in [-0.2, -0.15) is 0 Å². The number of hydrogen-bond donors (Lipinski definition) is 1. The topological polar surface area (TPSA) is 64.1 Å². The van der Waals surface area contributed by atoms with Gasteiger partial charge in [-0.25, -0.2) is 14.8 Å². The third-order valence-electron chi connectivity index (χ3n) is 1.15. The zero-order valence-corrected chi connectivity index (χ0v) is 8.37. The van der Waals surface area contributed by atoms with E-state index in [1.165, 1.54) is 12.4 Å². The molecule has 0 saturated heterocycles. The molecule has 1 heterocycles. The lowest BCUT2D eigenvalue weighted by Gasteiger charge is -2.19. The lowest BCUT2D eigenvalue weighted by atomic mass is 10.2. The average Bonchev–Trinajstić information content (AvgIpc) is 2.02. The van der Waals surface area contributed by atoms with E-state index in [9.17, 15) is 4.79 Å². The van der Waals surface area contributed by atoms with Gasteiger partial charge in [0.05, 0.1) is 12.4 Å². The molecule has 0 spiro atoms. The summed E-state index contributed by atoms with van der Waals surface area (Å²) < 4.78 is 5.01. The van der Waals surface area contributed by atoms with E-state index < -0.39 is 11.7 Å². The highest BCUT2D eigenvalue weighted by Crippen LogP contribution is 2.08. The van der Waals surface area contributed by atoms with E-state index in [-0.39, 0.29) is 0 Å². The number of carbonyl (C=O) groups excluding carboxylic acids is 1. The van der Waals surface area contributed by atoms with Gasteiger partial charge in [-0.05, 0) is 20.8 Å². The number of aromatic nitrogens is 2. The summed E-state index contributed by atoms with van der Waals surface area (Å²) in [5, 5.41) is 2.44. The Hall–Kier alpha value is -1.65. The van der Waals surface area contributed by atoms with Gasteiger partial charge in [-0.15, -0.1) is 0 Å². The van der Waals surface area contributed by atoms with Crippen molar-refractivity contribution in [3.8, 4) is 0 Å². The number of nitrogens with one attached hydrogen (secondary N) is 1. The van der Waals surface area contributed by atoms with Gasteiger partial charge in [-0.3, -0.25) is 5.32 Å². The third kappa shape index (κ3) is 3.84. The molecule has 0 saturated carbocycles. The summed E-state index contributed by atoms with van der Waals surface area (Å²) >= 11 is 0. The fourth-order valence-corrected chi connectivity index (χ4v) is 0.736. The van der Waals surface area contributed by atoms with Crippen molar-refractivity contribution >= 4 is 11.9 Å². The number of ether oxygens (including phenoxy) is 1. The molecule has 75 valence electrons. The molecule has 0 bridgehead atoms. The number of carbonyl (C=O) groups is 1. The van der Waals surface area contributed by atoms with Crippen molar-refractivity contribution in [2.24, 2.45) is 0 Å². The molecule has 1 aromatic rings. The Kier molecular flexibility index (Phi) is 3.01. The molecule has 1 radical (unpaired) electrons. The van der Waals surface area contributed by atoms with Gasteiger partial charge < -0.3 is 4.74 Å². The first-order chi connectivity index (χ1) is 6.47. The Morgan fingerprint density at radius 3 is 2.79 bits per heavy atom. The van der Waals surface area contributed by atoms with E-state index >= 15 is 0 Å². The molecule has 0 unspecified atom stereocenters. The maximum atomic E-state index is 11.2. The van der Waals surface area contributed by atoms with Crippen molar-refractivity contribution in [1.29, 1.82) is 0 Å². The molecule has 0 aliphatic carbocycles. The minimum absolute atomic E-state index is 0.345. The summed E-state index contributed by atoms with van der Waals surface area (Å²) in [6.45, 7) is 5.37. The fourth-order valence-electron chi connectivity index (χ4n) is 0.736. The van der Waals surface area contributed by atoms with E-state index in [1.807, 2.05) is 0 Å². The molecule has 0 aliphatic rings. The first-order valence-corrected chi connectivity index (χ1v) is 4.15. The lowest BCUT2D eigenvalue weighted by molar-refractivity contribution is 0.0635. The quantitative estimate of drug-likeness (QED) is 0.737. The normalized spacial score (nSPS) is 10.8. The second-order valence-electron chi connectivity index (χ2n) is 3.66. The number of hydrogen-bond acceptors (Lipinski definition) is 4. The fraction of sp³-hybridized carbons (Fsp3) is 0.444. The predicted molar refractivity (Wildman–Crippen MR) is 50.7 cm³/mol. The summed E-state index contributed by atoms with van der Waals surface area (Å²) in [7, 11) is 0. The summed E-state index contributed by atoms with van der Waals surface area (Å²) in [4.78, 5) is 18.7. The van der Waals surface area contributed by atoms with Gasteiger partial charge in [0.25, 0.3) is 0 Å². The summed E-state index contributed by atoms with van der Waals surface area (Å²) in [6, 6.07) is 0. The van der Waals surface area contributed by atoms with Gasteiger partial charge in [0.15, 0.2) is 5.82 Å². The van der Waals surface area contributed by atoms with Gasteiger partial charge in [0.2, 0.25) is 0 Å². The van der Waals surface area contributed by atoms with Crippen molar-refractivity contribution in [3.05, 3.63) is 18.6 Å². The highest BCUT2D eigenvalue weighted by Gasteiger charge is 2.16. The van der Waals surface area contributed by atoms with E-state index in [0.29, 0.717) is 5.82 Å². The average molecular weight is 194 g/mol. The highest BCUT2D eigenvalue weighted by atomic mass is 16.6. The first-order valence-electron chi connectivity index (χ1n) is 4.15. The Morgan fingerprint density at radius 1 is 1.57 bits per heavy atom. The van der Waals surface area contributed by atoms with Crippen LogP contribution in [0.4, 0.5) is 10.6 Å². The van der Waals surface area contributed by atoms with Crippen LogP contribution in [0.2, 0.25) is 0 Å². The van der Waals surface area contributed by atoms with Crippen LogP contribution in [0, 0.1) is 6.20 Å². The third-order valence-corrected chi connectivity index (χ3v) is 1.15. The van der Waals surface area contributed by atoms with E-state index in [2.05, 4.69) is 21.5 Å². The summed E-state index contributed by atoms with van der Waals surface area (Å²) in [5.74, 6) is 0.345. The van der Waals surface area contributed by atoms with Crippen molar-refractivity contribution in [1.82, 2.24) is 9.97 Å². The van der Waals surface area contributed by atoms with E-state index in [1.54, 1.807) is 20.8 Å². The molecule has 0 aromatic carbocycles. The lowest BCUT2D eigenvalue weighted by Crippen LogP contribution is -2.27. The molecule has 1 aromatic heterocycles. The largest absolute Gasteiger partial charge is 0.444 e. The van der Waals surface area contributed by atoms with Crippen LogP contribution < -0.4 is 5.32 Å². The van der Waals surface area contributed by atoms with Crippen LogP contribution in [0.25, 0.3) is 0 Å². The van der Waals surface area contributed by atoms with Crippen LogP contribution in [0.15, 0.2) is 12.4 Å². The molecule has 1 amide bonds. The maximum Gasteiger partial charge on any atom is 0.413 e. The zero-order valence-electron chi connectivity index (χ0n) is 8.37. The number of nitrogens with zero attached hydrogens (tertiary/aromatic N) is 2. The van der Waals surface area contributed by atoms with Crippen LogP contribution in [-0.2, 0) is 4.74 Å². The Bertz CT molecular complexity index is 306. The summed E-state index contributed by atoms with van der Waals surface area (Å²) in [6.07, 6.45) is 4.72. The maximum absolute atomic E-state index is 11.2. The molecule has 14 heavy (non-hydrogen) atoms. The molecule has 0 aliphatic heterocycles. The molecule has 5 heteroatoms. The SMILES string of the molecule is CC(C)(C)OC(=O)Nc1cn[c]cn1. The minimum Gasteiger partial charge on any atom is -0.444 e. The molecular formula is C9H12N3O2. The van der Waals surface area contributed by atoms with Gasteiger partial charge >= 0.3 is 6.09 Å². The Labute approximate surface area is 82.5 Å². The van der Waals surface area contributed by atoms with Crippen molar-refractivity contribution in [2.45, 2.75) is 26.4 Å². The molecule has 1 rings (SSSR count). The zero-order chi connectivity index (χ0) is 10.6.